The Kier molecular flexibility index (Phi) is 3.66. The van der Waals surface area contributed by atoms with Gasteiger partial charge >= 0.3 is 0 Å². The molecule has 0 radical (unpaired) electrons. The monoisotopic (exact) mass is 242 g/mol. The fraction of sp³-hybridized carbons (Fsp3) is 0.467. The molecule has 1 amide bonds. The summed E-state index contributed by atoms with van der Waals surface area (Å²) < 4.78 is 0. The molecule has 0 saturated carbocycles. The van der Waals surface area contributed by atoms with E-state index < -0.39 is 6.04 Å². The third kappa shape index (κ3) is 2.53. The van der Waals surface area contributed by atoms with Crippen LogP contribution in [-0.4, -0.2) is 11.9 Å². The molecule has 0 spiro atoms. The molecule has 0 fully saturated rings. The minimum atomic E-state index is -0.414. The van der Waals surface area contributed by atoms with Crippen molar-refractivity contribution in [3.63, 3.8) is 0 Å². The number of nitrogens with zero attached hydrogens (tertiary/aromatic N) is 1. The summed E-state index contributed by atoms with van der Waals surface area (Å²) in [7, 11) is 0. The molecule has 0 aromatic heterocycles. The summed E-state index contributed by atoms with van der Waals surface area (Å²) in [5.74, 6) is -0.0103. The van der Waals surface area contributed by atoms with Crippen LogP contribution in [0.1, 0.15) is 42.4 Å². The maximum atomic E-state index is 11.2. The number of amides is 1. The molecule has 18 heavy (non-hydrogen) atoms. The van der Waals surface area contributed by atoms with E-state index in [-0.39, 0.29) is 11.8 Å². The Labute approximate surface area is 108 Å². The van der Waals surface area contributed by atoms with Crippen molar-refractivity contribution in [1.82, 2.24) is 5.32 Å². The van der Waals surface area contributed by atoms with Crippen LogP contribution in [0.25, 0.3) is 0 Å². The number of rotatable bonds is 2. The number of carbonyl (C=O) groups is 1. The molecular formula is C15H18N2O. The summed E-state index contributed by atoms with van der Waals surface area (Å²) in [6, 6.07) is 8.24. The lowest BCUT2D eigenvalue weighted by Gasteiger charge is -2.29. The molecule has 1 aromatic rings. The molecule has 0 aliphatic heterocycles. The van der Waals surface area contributed by atoms with Gasteiger partial charge in [-0.1, -0.05) is 23.8 Å². The Morgan fingerprint density at radius 2 is 2.33 bits per heavy atom. The first-order chi connectivity index (χ1) is 8.61. The van der Waals surface area contributed by atoms with Crippen molar-refractivity contribution in [3.8, 4) is 6.07 Å². The molecule has 2 rings (SSSR count). The lowest BCUT2D eigenvalue weighted by molar-refractivity contribution is -0.119. The average molecular weight is 242 g/mol. The highest BCUT2D eigenvalue weighted by Crippen LogP contribution is 2.34. The quantitative estimate of drug-likeness (QED) is 0.866. The standard InChI is InChI=1S/C15H18N2O/c1-10-6-7-12-4-3-5-13(14(12)8-10)15(9-16)17-11(2)18/h6-8,13,15H,3-5H2,1-2H3,(H,17,18)/t13-,15-/m0/s1. The van der Waals surface area contributed by atoms with Crippen LogP contribution in [0.5, 0.6) is 0 Å². The molecule has 94 valence electrons. The molecule has 3 nitrogen and oxygen atoms in total. The van der Waals surface area contributed by atoms with E-state index in [0.717, 1.165) is 19.3 Å². The van der Waals surface area contributed by atoms with Crippen LogP contribution in [0, 0.1) is 18.3 Å². The molecule has 1 aliphatic carbocycles. The van der Waals surface area contributed by atoms with E-state index in [1.807, 2.05) is 0 Å². The topological polar surface area (TPSA) is 52.9 Å². The first-order valence-electron chi connectivity index (χ1n) is 6.38. The Hall–Kier alpha value is -1.82. The minimum absolute atomic E-state index is 0.127. The first kappa shape index (κ1) is 12.6. The smallest absolute Gasteiger partial charge is 0.217 e. The van der Waals surface area contributed by atoms with E-state index in [4.69, 9.17) is 0 Å². The van der Waals surface area contributed by atoms with Gasteiger partial charge in [0.2, 0.25) is 5.91 Å². The number of benzene rings is 1. The summed E-state index contributed by atoms with van der Waals surface area (Å²) in [6.07, 6.45) is 3.12. The van der Waals surface area contributed by atoms with E-state index in [1.165, 1.54) is 23.6 Å². The first-order valence-corrected chi connectivity index (χ1v) is 6.38. The van der Waals surface area contributed by atoms with Gasteiger partial charge in [-0.15, -0.1) is 0 Å². The van der Waals surface area contributed by atoms with Crippen LogP contribution >= 0.6 is 0 Å². The van der Waals surface area contributed by atoms with Crippen molar-refractivity contribution < 1.29 is 4.79 Å². The summed E-state index contributed by atoms with van der Waals surface area (Å²) in [5, 5.41) is 12.0. The van der Waals surface area contributed by atoms with Crippen LogP contribution in [0.15, 0.2) is 18.2 Å². The highest BCUT2D eigenvalue weighted by atomic mass is 16.1. The predicted octanol–water partition coefficient (Wildman–Crippen LogP) is 2.44. The van der Waals surface area contributed by atoms with Crippen molar-refractivity contribution in [2.24, 2.45) is 0 Å². The molecule has 1 aliphatic rings. The van der Waals surface area contributed by atoms with Crippen LogP contribution in [-0.2, 0) is 11.2 Å². The molecule has 0 bridgehead atoms. The molecule has 0 heterocycles. The lowest BCUT2D eigenvalue weighted by atomic mass is 9.78. The zero-order valence-electron chi connectivity index (χ0n) is 10.9. The van der Waals surface area contributed by atoms with Gasteiger partial charge in [-0.3, -0.25) is 4.79 Å². The van der Waals surface area contributed by atoms with Crippen LogP contribution < -0.4 is 5.32 Å². The van der Waals surface area contributed by atoms with Crippen LogP contribution in [0.4, 0.5) is 0 Å². The number of hydrogen-bond acceptors (Lipinski definition) is 2. The highest BCUT2D eigenvalue weighted by molar-refractivity contribution is 5.73. The molecule has 1 aromatic carbocycles. The predicted molar refractivity (Wildman–Crippen MR) is 70.1 cm³/mol. The van der Waals surface area contributed by atoms with Gasteiger partial charge in [0, 0.05) is 12.8 Å². The highest BCUT2D eigenvalue weighted by Gasteiger charge is 2.28. The van der Waals surface area contributed by atoms with Crippen LogP contribution in [0.3, 0.4) is 0 Å². The number of aryl methyl sites for hydroxylation is 2. The minimum Gasteiger partial charge on any atom is -0.340 e. The number of nitrogens with one attached hydrogen (secondary N) is 1. The summed E-state index contributed by atoms with van der Waals surface area (Å²) in [5.41, 5.74) is 3.77. The van der Waals surface area contributed by atoms with Gasteiger partial charge in [0.15, 0.2) is 0 Å². The summed E-state index contributed by atoms with van der Waals surface area (Å²) >= 11 is 0. The van der Waals surface area contributed by atoms with Crippen LogP contribution in [0.2, 0.25) is 0 Å². The lowest BCUT2D eigenvalue weighted by Crippen LogP contribution is -2.38. The SMILES string of the molecule is CC(=O)N[C@@H](C#N)[C@H]1CCCc2ccc(C)cc21. The average Bonchev–Trinajstić information content (AvgIpc) is 2.35. The number of fused-ring (bicyclic) bond motifs is 1. The van der Waals surface area contributed by atoms with Gasteiger partial charge in [-0.25, -0.2) is 0 Å². The zero-order valence-corrected chi connectivity index (χ0v) is 10.9. The third-order valence-electron chi connectivity index (χ3n) is 3.56. The Morgan fingerprint density at radius 3 is 3.00 bits per heavy atom. The molecule has 3 heteroatoms. The Bertz CT molecular complexity index is 502. The second-order valence-electron chi connectivity index (χ2n) is 5.01. The van der Waals surface area contributed by atoms with E-state index in [0.29, 0.717) is 0 Å². The van der Waals surface area contributed by atoms with Gasteiger partial charge in [0.25, 0.3) is 0 Å². The Balaban J connectivity index is 2.34. The summed E-state index contributed by atoms with van der Waals surface area (Å²) in [6.45, 7) is 3.52. The number of hydrogen-bond donors (Lipinski definition) is 1. The zero-order chi connectivity index (χ0) is 13.1. The van der Waals surface area contributed by atoms with Gasteiger partial charge < -0.3 is 5.32 Å². The van der Waals surface area contributed by atoms with Crippen molar-refractivity contribution in [2.75, 3.05) is 0 Å². The third-order valence-corrected chi connectivity index (χ3v) is 3.56. The van der Waals surface area contributed by atoms with Gasteiger partial charge in [-0.05, 0) is 37.3 Å². The molecular weight excluding hydrogens is 224 g/mol. The summed E-state index contributed by atoms with van der Waals surface area (Å²) in [4.78, 5) is 11.2. The largest absolute Gasteiger partial charge is 0.340 e. The van der Waals surface area contributed by atoms with Gasteiger partial charge in [0.1, 0.15) is 6.04 Å². The van der Waals surface area contributed by atoms with Crippen molar-refractivity contribution in [1.29, 1.82) is 5.26 Å². The molecule has 0 saturated heterocycles. The fourth-order valence-corrected chi connectivity index (χ4v) is 2.74. The Morgan fingerprint density at radius 1 is 1.56 bits per heavy atom. The van der Waals surface area contributed by atoms with Crippen molar-refractivity contribution in [3.05, 3.63) is 34.9 Å². The van der Waals surface area contributed by atoms with Gasteiger partial charge in [0.05, 0.1) is 6.07 Å². The van der Waals surface area contributed by atoms with Gasteiger partial charge in [-0.2, -0.15) is 5.26 Å². The fourth-order valence-electron chi connectivity index (χ4n) is 2.74. The second kappa shape index (κ2) is 5.22. The normalized spacial score (nSPS) is 19.5. The van der Waals surface area contributed by atoms with E-state index in [1.54, 1.807) is 0 Å². The van der Waals surface area contributed by atoms with Crippen molar-refractivity contribution >= 4 is 5.91 Å². The number of nitriles is 1. The number of carbonyl (C=O) groups excluding carboxylic acids is 1. The molecule has 2 atom stereocenters. The maximum absolute atomic E-state index is 11.2. The second-order valence-corrected chi connectivity index (χ2v) is 5.01. The van der Waals surface area contributed by atoms with E-state index in [9.17, 15) is 10.1 Å². The molecule has 1 N–H and O–H groups in total. The maximum Gasteiger partial charge on any atom is 0.217 e. The molecule has 0 unspecified atom stereocenters. The van der Waals surface area contributed by atoms with Crippen molar-refractivity contribution in [2.45, 2.75) is 45.1 Å². The van der Waals surface area contributed by atoms with E-state index in [2.05, 4.69) is 36.5 Å². The van der Waals surface area contributed by atoms with E-state index >= 15 is 0 Å².